The Balaban J connectivity index is 0.00000288. The molecular formula is C16H22ClN3O3S. The molecule has 0 aliphatic carbocycles. The van der Waals surface area contributed by atoms with Gasteiger partial charge in [0.05, 0.1) is 11.4 Å². The Bertz CT molecular complexity index is 627. The van der Waals surface area contributed by atoms with Gasteiger partial charge in [0.2, 0.25) is 5.91 Å². The first kappa shape index (κ1) is 20.3. The van der Waals surface area contributed by atoms with Crippen molar-refractivity contribution in [1.82, 2.24) is 5.16 Å². The zero-order valence-electron chi connectivity index (χ0n) is 13.7. The maximum atomic E-state index is 11.9. The highest BCUT2D eigenvalue weighted by molar-refractivity contribution is 7.99. The molecule has 0 bridgehead atoms. The van der Waals surface area contributed by atoms with Gasteiger partial charge in [0.25, 0.3) is 0 Å². The first-order valence-corrected chi connectivity index (χ1v) is 8.48. The van der Waals surface area contributed by atoms with Gasteiger partial charge in [0.15, 0.2) is 0 Å². The molecule has 0 fully saturated rings. The van der Waals surface area contributed by atoms with Gasteiger partial charge in [0.1, 0.15) is 18.1 Å². The Morgan fingerprint density at radius 3 is 2.62 bits per heavy atom. The highest BCUT2D eigenvalue weighted by Gasteiger charge is 2.10. The first-order valence-electron chi connectivity index (χ1n) is 7.32. The van der Waals surface area contributed by atoms with Crippen molar-refractivity contribution in [3.63, 3.8) is 0 Å². The molecule has 6 nitrogen and oxygen atoms in total. The standard InChI is InChI=1S/C16H21N3O3S.ClH/c1-11-15(12(2)22-19-11)9-23-10-16(20)18-13-3-5-14(6-4-13)21-8-7-17;/h3-6H,7-10,17H2,1-2H3,(H,18,20);1H. The van der Waals surface area contributed by atoms with Gasteiger partial charge in [-0.05, 0) is 38.1 Å². The Morgan fingerprint density at radius 2 is 2.04 bits per heavy atom. The molecule has 3 N–H and O–H groups in total. The summed E-state index contributed by atoms with van der Waals surface area (Å²) in [5, 5.41) is 6.76. The minimum atomic E-state index is -0.0441. The van der Waals surface area contributed by atoms with Gasteiger partial charge in [-0.15, -0.1) is 24.2 Å². The predicted octanol–water partition coefficient (Wildman–Crippen LogP) is 2.92. The third-order valence-electron chi connectivity index (χ3n) is 3.19. The summed E-state index contributed by atoms with van der Waals surface area (Å²) in [4.78, 5) is 11.9. The zero-order valence-corrected chi connectivity index (χ0v) is 15.3. The maximum absolute atomic E-state index is 11.9. The van der Waals surface area contributed by atoms with Crippen LogP contribution >= 0.6 is 24.2 Å². The van der Waals surface area contributed by atoms with Crippen molar-refractivity contribution in [2.75, 3.05) is 24.2 Å². The fourth-order valence-corrected chi connectivity index (χ4v) is 2.94. The van der Waals surface area contributed by atoms with Crippen LogP contribution in [-0.2, 0) is 10.5 Å². The van der Waals surface area contributed by atoms with E-state index in [1.807, 2.05) is 38.1 Å². The predicted molar refractivity (Wildman–Crippen MR) is 99.0 cm³/mol. The lowest BCUT2D eigenvalue weighted by atomic mass is 10.2. The van der Waals surface area contributed by atoms with Crippen LogP contribution in [0.5, 0.6) is 5.75 Å². The molecule has 0 saturated carbocycles. The van der Waals surface area contributed by atoms with Crippen LogP contribution in [0.1, 0.15) is 17.0 Å². The molecule has 0 radical (unpaired) electrons. The van der Waals surface area contributed by atoms with Crippen molar-refractivity contribution < 1.29 is 14.1 Å². The molecule has 0 saturated heterocycles. The molecule has 0 spiro atoms. The van der Waals surface area contributed by atoms with Crippen LogP contribution in [0.25, 0.3) is 0 Å². The van der Waals surface area contributed by atoms with Crippen LogP contribution in [0.3, 0.4) is 0 Å². The normalized spacial score (nSPS) is 10.1. The number of aryl methyl sites for hydroxylation is 2. The molecule has 2 aromatic rings. The summed E-state index contributed by atoms with van der Waals surface area (Å²) in [5.41, 5.74) is 8.06. The molecule has 1 aromatic carbocycles. The van der Waals surface area contributed by atoms with Crippen molar-refractivity contribution in [2.24, 2.45) is 5.73 Å². The van der Waals surface area contributed by atoms with E-state index in [9.17, 15) is 4.79 Å². The lowest BCUT2D eigenvalue weighted by Gasteiger charge is -2.07. The molecule has 132 valence electrons. The van der Waals surface area contributed by atoms with E-state index in [2.05, 4.69) is 10.5 Å². The van der Waals surface area contributed by atoms with Crippen LogP contribution in [0.2, 0.25) is 0 Å². The van der Waals surface area contributed by atoms with Gasteiger partial charge >= 0.3 is 0 Å². The zero-order chi connectivity index (χ0) is 16.7. The fraction of sp³-hybridized carbons (Fsp3) is 0.375. The molecule has 0 aliphatic rings. The highest BCUT2D eigenvalue weighted by atomic mass is 35.5. The summed E-state index contributed by atoms with van der Waals surface area (Å²) in [7, 11) is 0. The second kappa shape index (κ2) is 10.2. The number of amides is 1. The number of carbonyl (C=O) groups excluding carboxylic acids is 1. The van der Waals surface area contributed by atoms with Gasteiger partial charge in [-0.1, -0.05) is 5.16 Å². The molecule has 1 aromatic heterocycles. The van der Waals surface area contributed by atoms with Crippen LogP contribution in [-0.4, -0.2) is 30.0 Å². The molecule has 24 heavy (non-hydrogen) atoms. The Morgan fingerprint density at radius 1 is 1.33 bits per heavy atom. The van der Waals surface area contributed by atoms with Crippen LogP contribution in [0.4, 0.5) is 5.69 Å². The van der Waals surface area contributed by atoms with Gasteiger partial charge in [-0.25, -0.2) is 0 Å². The summed E-state index contributed by atoms with van der Waals surface area (Å²) in [6, 6.07) is 7.23. The second-order valence-corrected chi connectivity index (χ2v) is 5.99. The van der Waals surface area contributed by atoms with E-state index in [0.29, 0.717) is 24.7 Å². The summed E-state index contributed by atoms with van der Waals surface area (Å²) in [6.45, 7) is 4.73. The number of thioether (sulfide) groups is 1. The number of halogens is 1. The van der Waals surface area contributed by atoms with Gasteiger partial charge in [-0.2, -0.15) is 0 Å². The van der Waals surface area contributed by atoms with E-state index < -0.39 is 0 Å². The minimum Gasteiger partial charge on any atom is -0.492 e. The number of aromatic nitrogens is 1. The number of anilines is 1. The van der Waals surface area contributed by atoms with Crippen molar-refractivity contribution in [3.05, 3.63) is 41.3 Å². The fourth-order valence-electron chi connectivity index (χ4n) is 1.96. The quantitative estimate of drug-likeness (QED) is 0.741. The van der Waals surface area contributed by atoms with Crippen LogP contribution in [0, 0.1) is 13.8 Å². The van der Waals surface area contributed by atoms with Crippen LogP contribution < -0.4 is 15.8 Å². The van der Waals surface area contributed by atoms with E-state index >= 15 is 0 Å². The highest BCUT2D eigenvalue weighted by Crippen LogP contribution is 2.20. The number of nitrogens with one attached hydrogen (secondary N) is 1. The average molecular weight is 372 g/mol. The van der Waals surface area contributed by atoms with Gasteiger partial charge < -0.3 is 20.3 Å². The number of benzene rings is 1. The molecule has 0 unspecified atom stereocenters. The summed E-state index contributed by atoms with van der Waals surface area (Å²) >= 11 is 1.53. The number of rotatable bonds is 8. The van der Waals surface area contributed by atoms with Crippen molar-refractivity contribution in [3.8, 4) is 5.75 Å². The van der Waals surface area contributed by atoms with E-state index in [-0.39, 0.29) is 18.3 Å². The lowest BCUT2D eigenvalue weighted by molar-refractivity contribution is -0.113. The Kier molecular flexibility index (Phi) is 8.67. The third-order valence-corrected chi connectivity index (χ3v) is 4.14. The number of nitrogens with two attached hydrogens (primary N) is 1. The average Bonchev–Trinajstić information content (AvgIpc) is 2.86. The molecule has 1 heterocycles. The topological polar surface area (TPSA) is 90.4 Å². The van der Waals surface area contributed by atoms with E-state index in [1.165, 1.54) is 11.8 Å². The first-order chi connectivity index (χ1) is 11.1. The molecular weight excluding hydrogens is 350 g/mol. The molecule has 0 aliphatic heterocycles. The second-order valence-electron chi connectivity index (χ2n) is 5.01. The third kappa shape index (κ3) is 6.07. The maximum Gasteiger partial charge on any atom is 0.234 e. The van der Waals surface area contributed by atoms with E-state index in [4.69, 9.17) is 15.0 Å². The molecule has 0 atom stereocenters. The number of hydrogen-bond donors (Lipinski definition) is 2. The number of ether oxygens (including phenoxy) is 1. The molecule has 8 heteroatoms. The van der Waals surface area contributed by atoms with Gasteiger partial charge in [-0.3, -0.25) is 4.79 Å². The van der Waals surface area contributed by atoms with Gasteiger partial charge in [0, 0.05) is 23.5 Å². The minimum absolute atomic E-state index is 0. The van der Waals surface area contributed by atoms with Crippen molar-refractivity contribution in [1.29, 1.82) is 0 Å². The summed E-state index contributed by atoms with van der Waals surface area (Å²) in [6.07, 6.45) is 0. The van der Waals surface area contributed by atoms with Crippen molar-refractivity contribution in [2.45, 2.75) is 19.6 Å². The monoisotopic (exact) mass is 371 g/mol. The van der Waals surface area contributed by atoms with Crippen molar-refractivity contribution >= 4 is 35.8 Å². The smallest absolute Gasteiger partial charge is 0.234 e. The summed E-state index contributed by atoms with van der Waals surface area (Å²) < 4.78 is 10.5. The summed E-state index contributed by atoms with van der Waals surface area (Å²) in [5.74, 6) is 2.58. The van der Waals surface area contributed by atoms with Crippen LogP contribution in [0.15, 0.2) is 28.8 Å². The number of nitrogens with zero attached hydrogens (tertiary/aromatic N) is 1. The lowest BCUT2D eigenvalue weighted by Crippen LogP contribution is -2.14. The Hall–Kier alpha value is -1.70. The molecule has 2 rings (SSSR count). The Labute approximate surface area is 151 Å². The number of carbonyl (C=O) groups is 1. The SMILES string of the molecule is Cc1noc(C)c1CSCC(=O)Nc1ccc(OCCN)cc1.Cl. The van der Waals surface area contributed by atoms with E-state index in [0.717, 1.165) is 28.5 Å². The number of hydrogen-bond acceptors (Lipinski definition) is 6. The molecule has 1 amide bonds. The van der Waals surface area contributed by atoms with E-state index in [1.54, 1.807) is 0 Å². The largest absolute Gasteiger partial charge is 0.492 e.